The molecule has 6 aromatic carbocycles. The predicted molar refractivity (Wildman–Crippen MR) is 463 cm³/mol. The number of nitriles is 1. The Morgan fingerprint density at radius 2 is 0.669 bits per heavy atom. The summed E-state index contributed by atoms with van der Waals surface area (Å²) in [6.45, 7) is 10.4. The molecular weight excluding hydrogens is 1740 g/mol. The van der Waals surface area contributed by atoms with Crippen molar-refractivity contribution in [3.8, 4) is 50.6 Å². The van der Waals surface area contributed by atoms with E-state index in [1.807, 2.05) is 129 Å². The number of sulfone groups is 4. The zero-order chi connectivity index (χ0) is 93.6. The van der Waals surface area contributed by atoms with Gasteiger partial charge in [0.25, 0.3) is 23.6 Å². The van der Waals surface area contributed by atoms with Crippen molar-refractivity contribution in [2.45, 2.75) is 167 Å². The number of hydrogen-bond acceptors (Lipinski definition) is 29. The molecule has 0 saturated carbocycles. The van der Waals surface area contributed by atoms with Gasteiger partial charge in [0.1, 0.15) is 36.2 Å². The number of alkyl halides is 3. The SMILES string of the molecule is CC(C)(C#N)c1ccc(-c2ccc(C3=NO[C@@H](C[C@](C)(C(=O)NO)S(C)(=O)=O)C3)cc2)cc1.CCc1cc(-c2ccc(C3=NO[C@@H](C[C@](C)(C(=O)NO)S(C)(=O)=O)C3)cc2)ccn1.C[C@@](C[C@H]1CC(c2ccc(-c3ccc(C(O)CO)cc3)cc2)=NO1)(C(=O)NO)S(C)(=O)=O.C[C@@](C[C@H]1CC(c2ccc(-c3ccnc(C(F)(F)F)c3)cc2)=NO1)(C(=O)NO)S(C)(=O)=O. The number of nitrogens with one attached hydrogen (secondary N) is 4. The van der Waals surface area contributed by atoms with Crippen molar-refractivity contribution in [3.63, 3.8) is 0 Å². The molecule has 0 saturated heterocycles. The van der Waals surface area contributed by atoms with Crippen LogP contribution in [0.5, 0.6) is 0 Å². The zero-order valence-electron chi connectivity index (χ0n) is 70.9. The smallest absolute Gasteiger partial charge is 0.393 e. The maximum Gasteiger partial charge on any atom is 0.433 e. The highest BCUT2D eigenvalue weighted by molar-refractivity contribution is 7.93. The summed E-state index contributed by atoms with van der Waals surface area (Å²) in [6.07, 6.45) is 0.0133. The molecule has 2 aromatic heterocycles. The number of hydroxylamine groups is 4. The molecule has 12 rings (SSSR count). The molecule has 127 heavy (non-hydrogen) atoms. The van der Waals surface area contributed by atoms with Crippen LogP contribution in [0.15, 0.2) is 203 Å². The van der Waals surface area contributed by atoms with Gasteiger partial charge in [0.15, 0.2) is 58.3 Å². The Bertz CT molecular complexity index is 5990. The summed E-state index contributed by atoms with van der Waals surface area (Å²) < 4.78 is 128. The van der Waals surface area contributed by atoms with Crippen molar-refractivity contribution in [2.75, 3.05) is 31.6 Å². The van der Waals surface area contributed by atoms with E-state index in [-0.39, 0.29) is 38.7 Å². The summed E-state index contributed by atoms with van der Waals surface area (Å²) in [4.78, 5) is 77.2. The lowest BCUT2D eigenvalue weighted by Gasteiger charge is -2.26. The van der Waals surface area contributed by atoms with Crippen LogP contribution in [-0.2, 0) is 95.9 Å². The molecule has 0 fully saturated rings. The van der Waals surface area contributed by atoms with Crippen LogP contribution in [0.25, 0.3) is 44.5 Å². The Kier molecular flexibility index (Phi) is 31.5. The summed E-state index contributed by atoms with van der Waals surface area (Å²) in [5.74, 6) is -4.08. The van der Waals surface area contributed by atoms with Crippen molar-refractivity contribution >= 4 is 85.8 Å². The van der Waals surface area contributed by atoms with Gasteiger partial charge in [0.05, 0.1) is 40.9 Å². The number of amides is 4. The topological polar surface area (TPSA) is 510 Å². The molecule has 33 nitrogen and oxygen atoms in total. The van der Waals surface area contributed by atoms with Crippen LogP contribution in [0.2, 0.25) is 0 Å². The number of rotatable bonds is 28. The number of aryl methyl sites for hydroxylation is 1. The van der Waals surface area contributed by atoms with Crippen LogP contribution in [0.1, 0.15) is 151 Å². The number of aromatic nitrogens is 2. The van der Waals surface area contributed by atoms with E-state index >= 15 is 0 Å². The van der Waals surface area contributed by atoms with E-state index in [4.69, 9.17) is 45.3 Å². The maximum atomic E-state index is 12.9. The second-order valence-corrected chi connectivity index (χ2v) is 42.0. The molecule has 4 aliphatic heterocycles. The highest BCUT2D eigenvalue weighted by Crippen LogP contribution is 2.38. The molecular formula is C87H98F3N11O22S4. The second-order valence-electron chi connectivity index (χ2n) is 32.2. The van der Waals surface area contributed by atoms with Crippen molar-refractivity contribution in [2.24, 2.45) is 20.6 Å². The monoisotopic (exact) mass is 1830 g/mol. The Balaban J connectivity index is 0.000000191. The first-order valence-corrected chi connectivity index (χ1v) is 46.9. The minimum absolute atomic E-state index is 0.125. The van der Waals surface area contributed by atoms with Crippen LogP contribution in [0.4, 0.5) is 13.2 Å². The fourth-order valence-electron chi connectivity index (χ4n) is 13.9. The van der Waals surface area contributed by atoms with E-state index < -0.39 is 130 Å². The average molecular weight is 1840 g/mol. The second kappa shape index (κ2) is 40.5. The van der Waals surface area contributed by atoms with Gasteiger partial charge in [-0.05, 0) is 150 Å². The van der Waals surface area contributed by atoms with Crippen molar-refractivity contribution in [3.05, 3.63) is 227 Å². The van der Waals surface area contributed by atoms with Crippen molar-refractivity contribution in [1.82, 2.24) is 31.9 Å². The first kappa shape index (κ1) is 99.0. The van der Waals surface area contributed by atoms with Gasteiger partial charge in [-0.3, -0.25) is 50.0 Å². The molecule has 40 heteroatoms. The van der Waals surface area contributed by atoms with E-state index in [1.165, 1.54) is 55.7 Å². The lowest BCUT2D eigenvalue weighted by atomic mass is 9.85. The van der Waals surface area contributed by atoms with Crippen LogP contribution >= 0.6 is 0 Å². The number of nitrogens with zero attached hydrogens (tertiary/aromatic N) is 7. The molecule has 0 bridgehead atoms. The summed E-state index contributed by atoms with van der Waals surface area (Å²) in [7, 11) is -15.3. The third-order valence-electron chi connectivity index (χ3n) is 22.8. The molecule has 0 aliphatic carbocycles. The van der Waals surface area contributed by atoms with Crippen LogP contribution in [0.3, 0.4) is 0 Å². The number of halogens is 3. The van der Waals surface area contributed by atoms with E-state index in [0.717, 1.165) is 105 Å². The molecule has 0 radical (unpaired) electrons. The predicted octanol–water partition coefficient (Wildman–Crippen LogP) is 10.4. The number of carbonyl (C=O) groups is 4. The molecule has 1 unspecified atom stereocenters. The van der Waals surface area contributed by atoms with Gasteiger partial charge in [0, 0.05) is 94.5 Å². The highest BCUT2D eigenvalue weighted by Gasteiger charge is 2.51. The zero-order valence-corrected chi connectivity index (χ0v) is 74.2. The van der Waals surface area contributed by atoms with E-state index in [2.05, 4.69) is 49.7 Å². The fraction of sp³-hybridized carbons (Fsp3) is 0.368. The van der Waals surface area contributed by atoms with Gasteiger partial charge < -0.3 is 29.6 Å². The van der Waals surface area contributed by atoms with Gasteiger partial charge in [-0.25, -0.2) is 55.6 Å². The van der Waals surface area contributed by atoms with E-state index in [0.29, 0.717) is 64.4 Å². The third kappa shape index (κ3) is 23.5. The molecule has 4 aliphatic rings. The van der Waals surface area contributed by atoms with Crippen LogP contribution < -0.4 is 21.9 Å². The summed E-state index contributed by atoms with van der Waals surface area (Å²) in [5, 5.41) is 80.0. The van der Waals surface area contributed by atoms with Crippen molar-refractivity contribution < 1.29 is 116 Å². The molecule has 4 amide bonds. The molecule has 0 spiro atoms. The average Bonchev–Trinajstić information content (AvgIpc) is 1.78. The fourth-order valence-corrected chi connectivity index (χ4v) is 17.4. The molecule has 6 heterocycles. The first-order valence-electron chi connectivity index (χ1n) is 39.3. The maximum absolute atomic E-state index is 12.9. The van der Waals surface area contributed by atoms with E-state index in [9.17, 15) is 76.4 Å². The lowest BCUT2D eigenvalue weighted by molar-refractivity contribution is -0.141. The Morgan fingerprint density at radius 3 is 0.921 bits per heavy atom. The number of carbonyl (C=O) groups excluding carboxylic acids is 4. The quantitative estimate of drug-likeness (QED) is 0.0161. The van der Waals surface area contributed by atoms with Gasteiger partial charge in [-0.1, -0.05) is 173 Å². The van der Waals surface area contributed by atoms with Gasteiger partial charge in [-0.15, -0.1) is 0 Å². The molecule has 678 valence electrons. The largest absolute Gasteiger partial charge is 0.433 e. The number of pyridine rings is 2. The molecule has 10 N–H and O–H groups in total. The Labute approximate surface area is 732 Å². The van der Waals surface area contributed by atoms with E-state index in [1.54, 1.807) is 42.6 Å². The standard InChI is InChI=1S/C24H27N3O5S.C22H26N2O7S.C21H25N3O5S.C20H20F3N3O5S/c1-23(2,15-25)19-11-9-17(10-12-19)16-5-7-18(8-6-16)21-13-20(32-27-21)14-24(3,22(28)26-29)33(4,30)31;1-22(21(27)23-28,32(2,29)30)12-18-11-19(24-31-18)16-7-3-14(4-8-16)15-5-9-17(10-6-15)20(26)13-25;1-4-17-11-16(9-10-22-17)14-5-7-15(8-6-14)19-12-18(29-24-19)13-21(2,20(25)23-26)30(3,27)28;1-19(18(27)25-28,32(2,29)30)11-15-10-16(26-31-15)13-5-3-12(4-6-13)14-7-8-24-17(9-14)20(21,22)23/h5-12,20,29H,13-14H2,1-4H3,(H,26,28);3-10,18,20,25-26,28H,11-13H2,1-2H3,(H,23,27);5-11,18,26H,4,12-13H2,1-3H3,(H,23,25);3-9,15,28H,10-11H2,1-2H3,(H,25,27)/t20-,24-;18-,20?,22-;18-,21-;15-,19-/m1111/s1. The number of hydrogen-bond donors (Lipinski definition) is 10. The summed E-state index contributed by atoms with van der Waals surface area (Å²) in [5.41, 5.74) is 19.2. The van der Waals surface area contributed by atoms with Crippen molar-refractivity contribution in [1.29, 1.82) is 5.26 Å². The van der Waals surface area contributed by atoms with Crippen LogP contribution in [0, 0.1) is 11.3 Å². The summed E-state index contributed by atoms with van der Waals surface area (Å²) in [6, 6.07) is 53.5. The number of oxime groups is 4. The number of aliphatic hydroxyl groups excluding tert-OH is 2. The minimum atomic E-state index is -4.55. The van der Waals surface area contributed by atoms with Gasteiger partial charge in [-0.2, -0.15) is 18.4 Å². The Morgan fingerprint density at radius 1 is 0.417 bits per heavy atom. The Hall–Kier alpha value is -11.8. The van der Waals surface area contributed by atoms with Crippen LogP contribution in [-0.4, -0.2) is 196 Å². The minimum Gasteiger partial charge on any atom is -0.393 e. The highest BCUT2D eigenvalue weighted by atomic mass is 32.2. The molecule has 8 aromatic rings. The number of benzene rings is 6. The first-order chi connectivity index (χ1) is 59.5. The summed E-state index contributed by atoms with van der Waals surface area (Å²) >= 11 is 0. The number of aliphatic hydroxyl groups is 2. The normalized spacial score (nSPS) is 18.4. The van der Waals surface area contributed by atoms with Gasteiger partial charge in [0.2, 0.25) is 0 Å². The molecule has 9 atom stereocenters. The van der Waals surface area contributed by atoms with Gasteiger partial charge >= 0.3 is 6.18 Å². The third-order valence-corrected chi connectivity index (χ3v) is 30.7. The lowest BCUT2D eigenvalue weighted by Crippen LogP contribution is -2.51.